The Morgan fingerprint density at radius 3 is 1.87 bits per heavy atom. The highest BCUT2D eigenvalue weighted by atomic mass is 35.5. The van der Waals surface area contributed by atoms with Gasteiger partial charge >= 0.3 is 36.4 Å². The average molecular weight is 920 g/mol. The van der Waals surface area contributed by atoms with Gasteiger partial charge in [0, 0.05) is 38.1 Å². The molecule has 5 N–H and O–H groups in total. The number of aryl methyl sites for hydroxylation is 2. The van der Waals surface area contributed by atoms with Crippen molar-refractivity contribution >= 4 is 76.0 Å². The van der Waals surface area contributed by atoms with Gasteiger partial charge in [-0.1, -0.05) is 29.3 Å². The van der Waals surface area contributed by atoms with Gasteiger partial charge < -0.3 is 40.5 Å². The Kier molecular flexibility index (Phi) is 17.1. The van der Waals surface area contributed by atoms with Crippen LogP contribution < -0.4 is 20.3 Å². The van der Waals surface area contributed by atoms with Crippen molar-refractivity contribution in [2.75, 3.05) is 48.3 Å². The lowest BCUT2D eigenvalue weighted by Crippen LogP contribution is -2.50. The first-order valence-corrected chi connectivity index (χ1v) is 17.4. The number of amides is 1. The van der Waals surface area contributed by atoms with Gasteiger partial charge in [-0.15, -0.1) is 0 Å². The van der Waals surface area contributed by atoms with Gasteiger partial charge in [0.15, 0.2) is 12.4 Å². The standard InChI is InChI=1S/C28H26Cl2N8O2.3C2HF3O2/c29-22-16-32-28-34-21-12-18(14-31-15-21)4-5-19-13-20(33-27(22)36-28)6-7-23(19)40-17-26(39)38-10-8-37(9-11-38)25-3-1-2-24(30)35-25;3*3-2(4,5)1(6)7/h1-3,6-7,12-16H,4-5,8-11,17H2,(H2,32,33,34,36);3*(H,6,7). The van der Waals surface area contributed by atoms with Crippen molar-refractivity contribution in [3.05, 3.63) is 82.4 Å². The molecule has 0 radical (unpaired) electrons. The molecule has 3 aromatic heterocycles. The zero-order valence-corrected chi connectivity index (χ0v) is 32.0. The number of fused-ring (bicyclic) bond motifs is 6. The molecule has 1 amide bonds. The Morgan fingerprint density at radius 1 is 0.721 bits per heavy atom. The summed E-state index contributed by atoms with van der Waals surface area (Å²) in [5.41, 5.74) is 3.59. The summed E-state index contributed by atoms with van der Waals surface area (Å²) in [5, 5.41) is 28.7. The molecule has 0 saturated carbocycles. The van der Waals surface area contributed by atoms with Gasteiger partial charge in [0.2, 0.25) is 5.95 Å². The van der Waals surface area contributed by atoms with Crippen molar-refractivity contribution in [1.29, 1.82) is 0 Å². The molecule has 6 bridgehead atoms. The molecule has 2 aliphatic heterocycles. The number of alkyl halides is 9. The van der Waals surface area contributed by atoms with E-state index in [1.165, 1.54) is 0 Å². The predicted octanol–water partition coefficient (Wildman–Crippen LogP) is 6.79. The molecular formula is C34H29Cl2F9N8O8. The molecule has 0 aliphatic carbocycles. The van der Waals surface area contributed by atoms with Gasteiger partial charge in [0.25, 0.3) is 5.91 Å². The van der Waals surface area contributed by atoms with Crippen LogP contribution >= 0.6 is 23.2 Å². The summed E-state index contributed by atoms with van der Waals surface area (Å²) in [6.45, 7) is 2.49. The molecule has 5 heterocycles. The maximum absolute atomic E-state index is 13.0. The third-order valence-electron chi connectivity index (χ3n) is 7.54. The zero-order chi connectivity index (χ0) is 45.7. The van der Waals surface area contributed by atoms with Crippen molar-refractivity contribution in [3.8, 4) is 5.75 Å². The van der Waals surface area contributed by atoms with Crippen LogP contribution in [0.3, 0.4) is 0 Å². The Balaban J connectivity index is 0.000000390. The van der Waals surface area contributed by atoms with Gasteiger partial charge in [-0.25, -0.2) is 24.4 Å². The summed E-state index contributed by atoms with van der Waals surface area (Å²) in [4.78, 5) is 61.2. The molecular weight excluding hydrogens is 890 g/mol. The van der Waals surface area contributed by atoms with Crippen molar-refractivity contribution in [1.82, 2.24) is 24.8 Å². The molecule has 1 saturated heterocycles. The van der Waals surface area contributed by atoms with Gasteiger partial charge in [-0.3, -0.25) is 9.78 Å². The number of pyridine rings is 2. The van der Waals surface area contributed by atoms with E-state index in [4.69, 9.17) is 57.6 Å². The lowest BCUT2D eigenvalue weighted by atomic mass is 10.0. The second kappa shape index (κ2) is 21.2. The van der Waals surface area contributed by atoms with Crippen LogP contribution in [0.4, 0.5) is 68.5 Å². The number of carbonyl (C=O) groups excluding carboxylic acids is 1. The molecule has 0 atom stereocenters. The molecule has 0 spiro atoms. The number of carboxylic acid groups (broad SMARTS) is 3. The fraction of sp³-hybridized carbons (Fsp3) is 0.294. The molecule has 1 aromatic carbocycles. The van der Waals surface area contributed by atoms with Crippen LogP contribution in [0.25, 0.3) is 0 Å². The summed E-state index contributed by atoms with van der Waals surface area (Å²) in [5.74, 6) is -5.96. The first-order valence-electron chi connectivity index (χ1n) is 16.6. The minimum atomic E-state index is -5.08. The quantitative estimate of drug-likeness (QED) is 0.105. The number of hydrogen-bond acceptors (Lipinski definition) is 12. The number of anilines is 5. The maximum Gasteiger partial charge on any atom is 0.490 e. The third-order valence-corrected chi connectivity index (χ3v) is 8.02. The SMILES string of the molecule is O=C(COc1ccc2cc1CCc1cncc(c1)Nc1ncc(Cl)c(n1)N2)N1CCN(c2cccc(Cl)n2)CC1.O=C(O)C(F)(F)F.O=C(O)C(F)(F)F.O=C(O)C(F)(F)F. The highest BCUT2D eigenvalue weighted by molar-refractivity contribution is 6.33. The van der Waals surface area contributed by atoms with Gasteiger partial charge in [-0.05, 0) is 60.4 Å². The number of aromatic nitrogens is 4. The monoisotopic (exact) mass is 918 g/mol. The summed E-state index contributed by atoms with van der Waals surface area (Å²) >= 11 is 12.4. The minimum absolute atomic E-state index is 0.0444. The Morgan fingerprint density at radius 2 is 1.31 bits per heavy atom. The molecule has 330 valence electrons. The van der Waals surface area contributed by atoms with E-state index in [0.29, 0.717) is 60.3 Å². The number of halogens is 11. The molecule has 6 rings (SSSR count). The van der Waals surface area contributed by atoms with Gasteiger partial charge in [0.05, 0.1) is 18.1 Å². The van der Waals surface area contributed by atoms with E-state index < -0.39 is 36.4 Å². The van der Waals surface area contributed by atoms with E-state index >= 15 is 0 Å². The van der Waals surface area contributed by atoms with Crippen molar-refractivity contribution in [3.63, 3.8) is 0 Å². The summed E-state index contributed by atoms with van der Waals surface area (Å²) in [6, 6.07) is 13.3. The predicted molar refractivity (Wildman–Crippen MR) is 196 cm³/mol. The fourth-order valence-electron chi connectivity index (χ4n) is 4.74. The highest BCUT2D eigenvalue weighted by Crippen LogP contribution is 2.30. The molecule has 0 unspecified atom stereocenters. The zero-order valence-electron chi connectivity index (χ0n) is 30.4. The largest absolute Gasteiger partial charge is 0.490 e. The van der Waals surface area contributed by atoms with E-state index in [0.717, 1.165) is 34.7 Å². The topological polar surface area (TPSA) is 220 Å². The van der Waals surface area contributed by atoms with Crippen LogP contribution in [-0.2, 0) is 32.0 Å². The van der Waals surface area contributed by atoms with Crippen LogP contribution in [0.5, 0.6) is 5.75 Å². The number of ether oxygens (including phenoxy) is 1. The molecule has 16 nitrogen and oxygen atoms in total. The maximum atomic E-state index is 13.0. The second-order valence-corrected chi connectivity index (χ2v) is 12.7. The Bertz CT molecular complexity index is 2120. The average Bonchev–Trinajstić information content (AvgIpc) is 3.18. The Hall–Kier alpha value is -6.37. The van der Waals surface area contributed by atoms with E-state index in [1.54, 1.807) is 18.5 Å². The number of carbonyl (C=O) groups is 4. The highest BCUT2D eigenvalue weighted by Gasteiger charge is 2.39. The minimum Gasteiger partial charge on any atom is -0.483 e. The van der Waals surface area contributed by atoms with E-state index in [1.807, 2.05) is 47.5 Å². The second-order valence-electron chi connectivity index (χ2n) is 11.9. The number of hydrogen-bond donors (Lipinski definition) is 5. The van der Waals surface area contributed by atoms with Crippen molar-refractivity contribution in [2.24, 2.45) is 0 Å². The van der Waals surface area contributed by atoms with Crippen LogP contribution in [0.2, 0.25) is 10.2 Å². The van der Waals surface area contributed by atoms with Crippen LogP contribution in [0.1, 0.15) is 11.1 Å². The van der Waals surface area contributed by atoms with Crippen LogP contribution in [-0.4, -0.2) is 115 Å². The Labute approximate surface area is 346 Å². The van der Waals surface area contributed by atoms with Crippen molar-refractivity contribution in [2.45, 2.75) is 31.4 Å². The summed E-state index contributed by atoms with van der Waals surface area (Å²) in [6.07, 6.45) is -8.73. The first-order chi connectivity index (χ1) is 28.3. The van der Waals surface area contributed by atoms with E-state index in [9.17, 15) is 44.3 Å². The number of carboxylic acids is 3. The van der Waals surface area contributed by atoms with E-state index in [2.05, 4.69) is 35.5 Å². The van der Waals surface area contributed by atoms with Crippen LogP contribution in [0.15, 0.2) is 61.1 Å². The van der Waals surface area contributed by atoms with Gasteiger partial charge in [-0.2, -0.15) is 44.5 Å². The number of piperazine rings is 1. The lowest BCUT2D eigenvalue weighted by Gasteiger charge is -2.35. The first kappa shape index (κ1) is 49.0. The lowest BCUT2D eigenvalue weighted by molar-refractivity contribution is -0.193. The van der Waals surface area contributed by atoms with E-state index in [-0.39, 0.29) is 12.5 Å². The number of aliphatic carboxylic acids is 3. The summed E-state index contributed by atoms with van der Waals surface area (Å²) in [7, 11) is 0. The molecule has 61 heavy (non-hydrogen) atoms. The smallest absolute Gasteiger partial charge is 0.483 e. The molecule has 27 heteroatoms. The number of benzene rings is 1. The fourth-order valence-corrected chi connectivity index (χ4v) is 5.03. The molecule has 1 fully saturated rings. The summed E-state index contributed by atoms with van der Waals surface area (Å²) < 4.78 is 101. The number of nitrogens with zero attached hydrogens (tertiary/aromatic N) is 6. The normalized spacial score (nSPS) is 13.5. The molecule has 4 aromatic rings. The van der Waals surface area contributed by atoms with Crippen molar-refractivity contribution < 1.29 is 78.7 Å². The molecule has 2 aliphatic rings. The number of rotatable bonds is 4. The third kappa shape index (κ3) is 16.3. The van der Waals surface area contributed by atoms with Gasteiger partial charge in [0.1, 0.15) is 21.7 Å². The number of nitrogens with one attached hydrogen (secondary N) is 2. The van der Waals surface area contributed by atoms with Crippen LogP contribution in [0, 0.1) is 0 Å².